The number of carboxylic acids is 1. The van der Waals surface area contributed by atoms with Crippen molar-refractivity contribution in [1.82, 2.24) is 0 Å². The molecule has 1 aliphatic carbocycles. The van der Waals surface area contributed by atoms with Crippen molar-refractivity contribution in [2.45, 2.75) is 59.3 Å². The standard InChI is InChI=1S/C23H31NO3/c1-5-6-18-7-10-20(23(4,14-13-18)17(3)25)15-24-21-11-8-19(9-12-21)16(2)22(26)27/h7-12,16,24H,5-6,13-15H2,1-4H3,(H,26,27). The highest BCUT2D eigenvalue weighted by atomic mass is 16.4. The minimum Gasteiger partial charge on any atom is -0.481 e. The first kappa shape index (κ1) is 20.9. The van der Waals surface area contributed by atoms with Crippen LogP contribution >= 0.6 is 0 Å². The largest absolute Gasteiger partial charge is 0.481 e. The molecule has 0 aliphatic heterocycles. The molecule has 0 radical (unpaired) electrons. The number of rotatable bonds is 8. The molecule has 1 aliphatic rings. The lowest BCUT2D eigenvalue weighted by Gasteiger charge is -2.29. The Labute approximate surface area is 162 Å². The average molecular weight is 370 g/mol. The van der Waals surface area contributed by atoms with Gasteiger partial charge >= 0.3 is 5.97 Å². The number of ketones is 1. The third-order valence-electron chi connectivity index (χ3n) is 5.79. The summed E-state index contributed by atoms with van der Waals surface area (Å²) in [5.74, 6) is -1.15. The lowest BCUT2D eigenvalue weighted by atomic mass is 9.75. The maximum atomic E-state index is 12.4. The van der Waals surface area contributed by atoms with E-state index in [1.807, 2.05) is 31.2 Å². The monoisotopic (exact) mass is 369 g/mol. The maximum Gasteiger partial charge on any atom is 0.310 e. The number of benzene rings is 1. The highest BCUT2D eigenvalue weighted by Gasteiger charge is 2.34. The van der Waals surface area contributed by atoms with Gasteiger partial charge in [0.25, 0.3) is 0 Å². The summed E-state index contributed by atoms with van der Waals surface area (Å²) in [6.45, 7) is 8.18. The van der Waals surface area contributed by atoms with Crippen LogP contribution in [0.25, 0.3) is 0 Å². The number of Topliss-reactive ketones (excluding diaryl/α,β-unsaturated/α-hetero) is 1. The number of carboxylic acid groups (broad SMARTS) is 1. The molecule has 2 unspecified atom stereocenters. The zero-order chi connectivity index (χ0) is 20.0. The van der Waals surface area contributed by atoms with Crippen LogP contribution in [-0.2, 0) is 9.59 Å². The van der Waals surface area contributed by atoms with Crippen LogP contribution in [0.1, 0.15) is 64.9 Å². The van der Waals surface area contributed by atoms with Crippen molar-refractivity contribution in [3.05, 3.63) is 53.1 Å². The summed E-state index contributed by atoms with van der Waals surface area (Å²) in [7, 11) is 0. The first-order chi connectivity index (χ1) is 12.8. The van der Waals surface area contributed by atoms with Crippen LogP contribution in [0.5, 0.6) is 0 Å². The molecule has 0 aromatic heterocycles. The van der Waals surface area contributed by atoms with Gasteiger partial charge in [0.2, 0.25) is 0 Å². The van der Waals surface area contributed by atoms with E-state index in [1.165, 1.54) is 5.57 Å². The predicted molar refractivity (Wildman–Crippen MR) is 110 cm³/mol. The van der Waals surface area contributed by atoms with E-state index in [-0.39, 0.29) is 5.78 Å². The topological polar surface area (TPSA) is 66.4 Å². The molecule has 2 atom stereocenters. The predicted octanol–water partition coefficient (Wildman–Crippen LogP) is 5.33. The van der Waals surface area contributed by atoms with Crippen LogP contribution in [0.15, 0.2) is 47.6 Å². The third-order valence-corrected chi connectivity index (χ3v) is 5.79. The lowest BCUT2D eigenvalue weighted by molar-refractivity contribution is -0.138. The first-order valence-electron chi connectivity index (χ1n) is 9.74. The van der Waals surface area contributed by atoms with Gasteiger partial charge in [-0.3, -0.25) is 9.59 Å². The highest BCUT2D eigenvalue weighted by Crippen LogP contribution is 2.38. The van der Waals surface area contributed by atoms with Gasteiger partial charge in [-0.05, 0) is 63.3 Å². The number of hydrogen-bond donors (Lipinski definition) is 2. The Morgan fingerprint density at radius 2 is 1.89 bits per heavy atom. The molecule has 146 valence electrons. The Balaban J connectivity index is 2.14. The van der Waals surface area contributed by atoms with E-state index in [4.69, 9.17) is 5.11 Å². The highest BCUT2D eigenvalue weighted by molar-refractivity contribution is 5.85. The summed E-state index contributed by atoms with van der Waals surface area (Å²) >= 11 is 0. The smallest absolute Gasteiger partial charge is 0.310 e. The normalized spacial score (nSPS) is 20.9. The SMILES string of the molecule is CCCC1=CC=C(CNc2ccc(C(C)C(=O)O)cc2)C(C)(C(C)=O)CC1. The summed E-state index contributed by atoms with van der Waals surface area (Å²) in [4.78, 5) is 23.5. The van der Waals surface area contributed by atoms with Gasteiger partial charge in [0.1, 0.15) is 5.78 Å². The summed E-state index contributed by atoms with van der Waals surface area (Å²) in [6.07, 6.45) is 8.31. The fourth-order valence-electron chi connectivity index (χ4n) is 3.47. The van der Waals surface area contributed by atoms with E-state index in [9.17, 15) is 9.59 Å². The molecular weight excluding hydrogens is 338 g/mol. The van der Waals surface area contributed by atoms with Gasteiger partial charge < -0.3 is 10.4 Å². The van der Waals surface area contributed by atoms with E-state index >= 15 is 0 Å². The first-order valence-corrected chi connectivity index (χ1v) is 9.74. The molecule has 0 heterocycles. The average Bonchev–Trinajstić information content (AvgIpc) is 2.80. The second kappa shape index (κ2) is 9.03. The third kappa shape index (κ3) is 5.09. The van der Waals surface area contributed by atoms with Crippen molar-refractivity contribution in [3.8, 4) is 0 Å². The Kier molecular flexibility index (Phi) is 7.00. The van der Waals surface area contributed by atoms with E-state index < -0.39 is 17.3 Å². The summed E-state index contributed by atoms with van der Waals surface area (Å²) in [6, 6.07) is 7.48. The van der Waals surface area contributed by atoms with Crippen LogP contribution in [0, 0.1) is 5.41 Å². The molecule has 0 amide bonds. The van der Waals surface area contributed by atoms with Crippen LogP contribution < -0.4 is 5.32 Å². The van der Waals surface area contributed by atoms with Gasteiger partial charge in [-0.15, -0.1) is 0 Å². The number of aliphatic carboxylic acids is 1. The molecule has 4 nitrogen and oxygen atoms in total. The zero-order valence-corrected chi connectivity index (χ0v) is 16.8. The molecule has 27 heavy (non-hydrogen) atoms. The second-order valence-corrected chi connectivity index (χ2v) is 7.69. The molecule has 0 spiro atoms. The number of anilines is 1. The number of nitrogens with one attached hydrogen (secondary N) is 1. The summed E-state index contributed by atoms with van der Waals surface area (Å²) in [5.41, 5.74) is 3.76. The van der Waals surface area contributed by atoms with Crippen LogP contribution in [0.2, 0.25) is 0 Å². The van der Waals surface area contributed by atoms with Crippen molar-refractivity contribution in [2.75, 3.05) is 11.9 Å². The Bertz CT molecular complexity index is 745. The fraction of sp³-hybridized carbons (Fsp3) is 0.478. The van der Waals surface area contributed by atoms with E-state index in [0.717, 1.165) is 42.5 Å². The Hall–Kier alpha value is -2.36. The number of allylic oxidation sites excluding steroid dienone is 3. The molecule has 0 bridgehead atoms. The molecule has 1 aromatic rings. The van der Waals surface area contributed by atoms with E-state index in [0.29, 0.717) is 6.54 Å². The van der Waals surface area contributed by atoms with Gasteiger partial charge in [0.05, 0.1) is 5.92 Å². The van der Waals surface area contributed by atoms with Crippen molar-refractivity contribution >= 4 is 17.4 Å². The molecule has 0 fully saturated rings. The zero-order valence-electron chi connectivity index (χ0n) is 16.8. The quantitative estimate of drug-likeness (QED) is 0.650. The van der Waals surface area contributed by atoms with Crippen LogP contribution in [0.4, 0.5) is 5.69 Å². The molecule has 2 N–H and O–H groups in total. The van der Waals surface area contributed by atoms with Gasteiger partial charge in [0, 0.05) is 17.6 Å². The lowest BCUT2D eigenvalue weighted by Crippen LogP contribution is -2.31. The number of carbonyl (C=O) groups excluding carboxylic acids is 1. The second-order valence-electron chi connectivity index (χ2n) is 7.69. The van der Waals surface area contributed by atoms with E-state index in [2.05, 4.69) is 24.4 Å². The molecule has 4 heteroatoms. The van der Waals surface area contributed by atoms with Crippen LogP contribution in [0.3, 0.4) is 0 Å². The van der Waals surface area contributed by atoms with Gasteiger partial charge in [-0.25, -0.2) is 0 Å². The van der Waals surface area contributed by atoms with E-state index in [1.54, 1.807) is 13.8 Å². The van der Waals surface area contributed by atoms with Crippen molar-refractivity contribution in [1.29, 1.82) is 0 Å². The molecule has 0 saturated heterocycles. The minimum atomic E-state index is -0.828. The Morgan fingerprint density at radius 1 is 1.22 bits per heavy atom. The summed E-state index contributed by atoms with van der Waals surface area (Å²) < 4.78 is 0. The number of carbonyl (C=O) groups is 2. The minimum absolute atomic E-state index is 0.201. The van der Waals surface area contributed by atoms with Crippen molar-refractivity contribution in [2.24, 2.45) is 5.41 Å². The number of hydrogen-bond acceptors (Lipinski definition) is 3. The van der Waals surface area contributed by atoms with Gasteiger partial charge in [-0.2, -0.15) is 0 Å². The van der Waals surface area contributed by atoms with Gasteiger partial charge in [-0.1, -0.05) is 43.2 Å². The van der Waals surface area contributed by atoms with Gasteiger partial charge in [0.15, 0.2) is 0 Å². The molecule has 1 aromatic carbocycles. The fourth-order valence-corrected chi connectivity index (χ4v) is 3.47. The molecule has 0 saturated carbocycles. The van der Waals surface area contributed by atoms with Crippen LogP contribution in [-0.4, -0.2) is 23.4 Å². The Morgan fingerprint density at radius 3 is 2.44 bits per heavy atom. The maximum absolute atomic E-state index is 12.4. The summed E-state index contributed by atoms with van der Waals surface area (Å²) in [5, 5.41) is 12.5. The molecule has 2 rings (SSSR count). The van der Waals surface area contributed by atoms with Crippen molar-refractivity contribution < 1.29 is 14.7 Å². The molecular formula is C23H31NO3. The van der Waals surface area contributed by atoms with Crippen molar-refractivity contribution in [3.63, 3.8) is 0 Å².